The van der Waals surface area contributed by atoms with Crippen LogP contribution in [0.3, 0.4) is 0 Å². The lowest BCUT2D eigenvalue weighted by atomic mass is 10.2. The van der Waals surface area contributed by atoms with Crippen LogP contribution in [0.5, 0.6) is 5.75 Å². The van der Waals surface area contributed by atoms with E-state index in [1.165, 1.54) is 0 Å². The Bertz CT molecular complexity index is 820. The number of nitrogens with zero attached hydrogens (tertiary/aromatic N) is 2. The quantitative estimate of drug-likeness (QED) is 0.698. The number of carbonyl (C=O) groups excluding carboxylic acids is 2. The van der Waals surface area contributed by atoms with Crippen LogP contribution in [0.25, 0.3) is 0 Å². The lowest BCUT2D eigenvalue weighted by Crippen LogP contribution is -2.37. The Morgan fingerprint density at radius 1 is 1.14 bits per heavy atom. The molecular formula is C21H26N4O4. The zero-order valence-corrected chi connectivity index (χ0v) is 16.5. The van der Waals surface area contributed by atoms with Gasteiger partial charge in [0.25, 0.3) is 5.91 Å². The van der Waals surface area contributed by atoms with Crippen molar-refractivity contribution in [1.82, 2.24) is 15.6 Å². The van der Waals surface area contributed by atoms with E-state index in [-0.39, 0.29) is 18.4 Å². The first kappa shape index (κ1) is 20.6. The number of nitrogens with one attached hydrogen (secondary N) is 2. The van der Waals surface area contributed by atoms with Crippen LogP contribution in [-0.4, -0.2) is 56.3 Å². The lowest BCUT2D eigenvalue weighted by molar-refractivity contribution is -0.120. The van der Waals surface area contributed by atoms with E-state index >= 15 is 0 Å². The summed E-state index contributed by atoms with van der Waals surface area (Å²) in [6, 6.07) is 10.6. The van der Waals surface area contributed by atoms with Crippen LogP contribution < -0.4 is 20.3 Å². The van der Waals surface area contributed by atoms with Crippen molar-refractivity contribution >= 4 is 17.6 Å². The third-order valence-electron chi connectivity index (χ3n) is 4.47. The Kier molecular flexibility index (Phi) is 7.40. The Hall–Kier alpha value is -3.13. The number of morpholine rings is 1. The van der Waals surface area contributed by atoms with Gasteiger partial charge in [-0.2, -0.15) is 0 Å². The van der Waals surface area contributed by atoms with Crippen molar-refractivity contribution < 1.29 is 19.1 Å². The zero-order chi connectivity index (χ0) is 20.5. The van der Waals surface area contributed by atoms with Crippen LogP contribution in [0.15, 0.2) is 42.6 Å². The highest BCUT2D eigenvalue weighted by molar-refractivity contribution is 5.96. The minimum absolute atomic E-state index is 0.0898. The molecule has 8 heteroatoms. The molecule has 1 saturated heterocycles. The zero-order valence-electron chi connectivity index (χ0n) is 16.5. The maximum absolute atomic E-state index is 12.2. The van der Waals surface area contributed by atoms with Gasteiger partial charge < -0.3 is 25.0 Å². The van der Waals surface area contributed by atoms with Crippen molar-refractivity contribution in [3.8, 4) is 5.75 Å². The number of pyridine rings is 1. The van der Waals surface area contributed by atoms with E-state index in [9.17, 15) is 9.59 Å². The molecule has 8 nitrogen and oxygen atoms in total. The average molecular weight is 398 g/mol. The fraction of sp³-hybridized carbons (Fsp3) is 0.381. The standard InChI is InChI=1S/C21H26N4O4/c1-2-29-18-5-3-17(4-6-18)21(27)24-15-20(26)23-14-16-7-8-22-19(13-16)25-9-11-28-12-10-25/h3-8,13H,2,9-12,14-15H2,1H3,(H,23,26)(H,24,27). The second-order valence-electron chi connectivity index (χ2n) is 6.54. The first-order valence-electron chi connectivity index (χ1n) is 9.71. The summed E-state index contributed by atoms with van der Waals surface area (Å²) in [6.07, 6.45) is 1.74. The van der Waals surface area contributed by atoms with E-state index in [0.29, 0.717) is 37.7 Å². The molecule has 154 valence electrons. The summed E-state index contributed by atoms with van der Waals surface area (Å²) < 4.78 is 10.7. The van der Waals surface area contributed by atoms with Gasteiger partial charge in [-0.05, 0) is 48.9 Å². The Balaban J connectivity index is 1.44. The summed E-state index contributed by atoms with van der Waals surface area (Å²) in [5, 5.41) is 5.44. The van der Waals surface area contributed by atoms with Crippen LogP contribution in [0.1, 0.15) is 22.8 Å². The SMILES string of the molecule is CCOc1ccc(C(=O)NCC(=O)NCc2ccnc(N3CCOCC3)c2)cc1. The fourth-order valence-electron chi connectivity index (χ4n) is 2.93. The molecule has 1 aromatic heterocycles. The van der Waals surface area contributed by atoms with E-state index < -0.39 is 0 Å². The molecule has 2 heterocycles. The van der Waals surface area contributed by atoms with Crippen LogP contribution >= 0.6 is 0 Å². The maximum atomic E-state index is 12.2. The van der Waals surface area contributed by atoms with Gasteiger partial charge >= 0.3 is 0 Å². The van der Waals surface area contributed by atoms with E-state index in [1.807, 2.05) is 19.1 Å². The molecular weight excluding hydrogens is 372 g/mol. The molecule has 0 spiro atoms. The highest BCUT2D eigenvalue weighted by atomic mass is 16.5. The number of anilines is 1. The molecule has 2 aromatic rings. The minimum Gasteiger partial charge on any atom is -0.494 e. The van der Waals surface area contributed by atoms with Crippen LogP contribution in [0.2, 0.25) is 0 Å². The van der Waals surface area contributed by atoms with Crippen molar-refractivity contribution in [3.63, 3.8) is 0 Å². The monoisotopic (exact) mass is 398 g/mol. The van der Waals surface area contributed by atoms with Crippen molar-refractivity contribution in [2.75, 3.05) is 44.4 Å². The normalized spacial score (nSPS) is 13.6. The minimum atomic E-state index is -0.304. The first-order valence-corrected chi connectivity index (χ1v) is 9.71. The molecule has 0 bridgehead atoms. The molecule has 1 aromatic carbocycles. The number of carbonyl (C=O) groups is 2. The maximum Gasteiger partial charge on any atom is 0.251 e. The molecule has 2 N–H and O–H groups in total. The van der Waals surface area contributed by atoms with E-state index in [0.717, 1.165) is 24.5 Å². The van der Waals surface area contributed by atoms with Crippen molar-refractivity contribution in [3.05, 3.63) is 53.7 Å². The predicted octanol–water partition coefficient (Wildman–Crippen LogP) is 1.36. The van der Waals surface area contributed by atoms with Crippen molar-refractivity contribution in [2.24, 2.45) is 0 Å². The number of hydrogen-bond donors (Lipinski definition) is 2. The summed E-state index contributed by atoms with van der Waals surface area (Å²) in [6.45, 7) is 5.74. The second kappa shape index (κ2) is 10.4. The molecule has 0 unspecified atom stereocenters. The third kappa shape index (κ3) is 6.18. The van der Waals surface area contributed by atoms with Gasteiger partial charge in [0.1, 0.15) is 11.6 Å². The largest absolute Gasteiger partial charge is 0.494 e. The number of ether oxygens (including phenoxy) is 2. The summed E-state index contributed by atoms with van der Waals surface area (Å²) in [7, 11) is 0. The van der Waals surface area contributed by atoms with Gasteiger partial charge in [-0.15, -0.1) is 0 Å². The Morgan fingerprint density at radius 3 is 2.62 bits per heavy atom. The van der Waals surface area contributed by atoms with Gasteiger partial charge in [0.2, 0.25) is 5.91 Å². The van der Waals surface area contributed by atoms with Gasteiger partial charge in [-0.25, -0.2) is 4.98 Å². The molecule has 0 radical (unpaired) electrons. The van der Waals surface area contributed by atoms with E-state index in [2.05, 4.69) is 20.5 Å². The van der Waals surface area contributed by atoms with Gasteiger partial charge in [0.05, 0.1) is 26.4 Å². The van der Waals surface area contributed by atoms with Crippen LogP contribution in [0, 0.1) is 0 Å². The molecule has 1 aliphatic heterocycles. The predicted molar refractivity (Wildman–Crippen MR) is 109 cm³/mol. The molecule has 1 fully saturated rings. The molecule has 0 aliphatic carbocycles. The number of aromatic nitrogens is 1. The van der Waals surface area contributed by atoms with Crippen molar-refractivity contribution in [2.45, 2.75) is 13.5 Å². The second-order valence-corrected chi connectivity index (χ2v) is 6.54. The molecule has 2 amide bonds. The highest BCUT2D eigenvalue weighted by Crippen LogP contribution is 2.14. The van der Waals surface area contributed by atoms with Gasteiger partial charge in [-0.1, -0.05) is 0 Å². The molecule has 0 atom stereocenters. The molecule has 29 heavy (non-hydrogen) atoms. The molecule has 1 aliphatic rings. The van der Waals surface area contributed by atoms with Crippen LogP contribution in [0.4, 0.5) is 5.82 Å². The number of benzene rings is 1. The summed E-state index contributed by atoms with van der Waals surface area (Å²) in [5.41, 5.74) is 1.43. The lowest BCUT2D eigenvalue weighted by Gasteiger charge is -2.28. The van der Waals surface area contributed by atoms with Gasteiger partial charge in [0, 0.05) is 31.4 Å². The van der Waals surface area contributed by atoms with Gasteiger partial charge in [0.15, 0.2) is 0 Å². The number of hydrogen-bond acceptors (Lipinski definition) is 6. The smallest absolute Gasteiger partial charge is 0.251 e. The summed E-state index contributed by atoms with van der Waals surface area (Å²) in [4.78, 5) is 30.8. The van der Waals surface area contributed by atoms with E-state index in [1.54, 1.807) is 30.5 Å². The number of amides is 2. The fourth-order valence-corrected chi connectivity index (χ4v) is 2.93. The highest BCUT2D eigenvalue weighted by Gasteiger charge is 2.13. The Labute approximate surface area is 170 Å². The summed E-state index contributed by atoms with van der Waals surface area (Å²) in [5.74, 6) is 1.02. The molecule has 3 rings (SSSR count). The van der Waals surface area contributed by atoms with Crippen LogP contribution in [-0.2, 0) is 16.1 Å². The topological polar surface area (TPSA) is 92.8 Å². The summed E-state index contributed by atoms with van der Waals surface area (Å²) >= 11 is 0. The molecule has 0 saturated carbocycles. The first-order chi connectivity index (χ1) is 14.2. The number of rotatable bonds is 8. The van der Waals surface area contributed by atoms with E-state index in [4.69, 9.17) is 9.47 Å². The van der Waals surface area contributed by atoms with Crippen molar-refractivity contribution in [1.29, 1.82) is 0 Å². The Morgan fingerprint density at radius 2 is 1.90 bits per heavy atom. The van der Waals surface area contributed by atoms with Gasteiger partial charge in [-0.3, -0.25) is 9.59 Å². The third-order valence-corrected chi connectivity index (χ3v) is 4.47. The average Bonchev–Trinajstić information content (AvgIpc) is 2.77.